The lowest BCUT2D eigenvalue weighted by Gasteiger charge is -2.16. The molecule has 2 rings (SSSR count). The molecule has 0 aliphatic carbocycles. The minimum atomic E-state index is 0.487. The molecule has 0 amide bonds. The van der Waals surface area contributed by atoms with Crippen molar-refractivity contribution in [3.05, 3.63) is 68.6 Å². The Hall–Kier alpha value is -0.120. The first-order valence-corrected chi connectivity index (χ1v) is 8.46. The Kier molecular flexibility index (Phi) is 5.46. The summed E-state index contributed by atoms with van der Waals surface area (Å²) in [6, 6.07) is 17.0. The minimum absolute atomic E-state index is 0.487. The monoisotopic (exact) mass is 430 g/mol. The van der Waals surface area contributed by atoms with Crippen LogP contribution in [0.5, 0.6) is 0 Å². The summed E-state index contributed by atoms with van der Waals surface area (Å²) < 4.78 is 2.32. The van der Waals surface area contributed by atoms with Gasteiger partial charge < -0.3 is 0 Å². The summed E-state index contributed by atoms with van der Waals surface area (Å²) in [7, 11) is 0. The molecule has 0 nitrogen and oxygen atoms in total. The fraction of sp³-hybridized carbons (Fsp3) is 0.200. The van der Waals surface area contributed by atoms with Crippen molar-refractivity contribution in [2.45, 2.75) is 12.3 Å². The summed E-state index contributed by atoms with van der Waals surface area (Å²) in [4.78, 5) is 0. The second-order valence-electron chi connectivity index (χ2n) is 4.20. The van der Waals surface area contributed by atoms with E-state index in [1.165, 1.54) is 15.6 Å². The molecule has 0 fully saturated rings. The summed E-state index contributed by atoms with van der Waals surface area (Å²) in [5.74, 6) is 0.487. The van der Waals surface area contributed by atoms with E-state index < -0.39 is 0 Å². The molecule has 0 aromatic heterocycles. The summed E-state index contributed by atoms with van der Waals surface area (Å²) >= 11 is 10.8. The summed E-state index contributed by atoms with van der Waals surface area (Å²) in [6.45, 7) is 0. The van der Waals surface area contributed by atoms with E-state index in [0.717, 1.165) is 16.2 Å². The fourth-order valence-electron chi connectivity index (χ4n) is 1.95. The molecule has 0 aliphatic heterocycles. The number of alkyl halides is 1. The van der Waals surface area contributed by atoms with E-state index in [0.29, 0.717) is 5.92 Å². The SMILES string of the molecule is BrCC(Cc1ccccc1Br)c1cccc(Br)c1. The summed E-state index contributed by atoms with van der Waals surface area (Å²) in [6.07, 6.45) is 1.03. The van der Waals surface area contributed by atoms with Gasteiger partial charge in [-0.05, 0) is 41.7 Å². The normalized spacial score (nSPS) is 12.4. The van der Waals surface area contributed by atoms with Gasteiger partial charge in [-0.2, -0.15) is 0 Å². The molecule has 0 saturated carbocycles. The van der Waals surface area contributed by atoms with Crippen molar-refractivity contribution in [2.75, 3.05) is 5.33 Å². The van der Waals surface area contributed by atoms with E-state index in [-0.39, 0.29) is 0 Å². The maximum atomic E-state index is 3.63. The predicted molar refractivity (Wildman–Crippen MR) is 88.5 cm³/mol. The van der Waals surface area contributed by atoms with Crippen molar-refractivity contribution in [2.24, 2.45) is 0 Å². The molecule has 1 atom stereocenters. The number of hydrogen-bond donors (Lipinski definition) is 0. The minimum Gasteiger partial charge on any atom is -0.0921 e. The first-order chi connectivity index (χ1) is 8.70. The Balaban J connectivity index is 2.23. The van der Waals surface area contributed by atoms with Gasteiger partial charge in [-0.1, -0.05) is 78.1 Å². The van der Waals surface area contributed by atoms with Gasteiger partial charge in [-0.25, -0.2) is 0 Å². The third-order valence-electron chi connectivity index (χ3n) is 2.93. The lowest BCUT2D eigenvalue weighted by molar-refractivity contribution is 0.772. The van der Waals surface area contributed by atoms with Crippen LogP contribution in [-0.4, -0.2) is 5.33 Å². The zero-order chi connectivity index (χ0) is 13.0. The first kappa shape index (κ1) is 14.3. The van der Waals surface area contributed by atoms with Gasteiger partial charge >= 0.3 is 0 Å². The second kappa shape index (κ2) is 6.88. The lowest BCUT2D eigenvalue weighted by atomic mass is 9.94. The van der Waals surface area contributed by atoms with E-state index >= 15 is 0 Å². The molecule has 0 bridgehead atoms. The molecular formula is C15H13Br3. The van der Waals surface area contributed by atoms with Crippen molar-refractivity contribution in [3.8, 4) is 0 Å². The number of halogens is 3. The molecule has 0 radical (unpaired) electrons. The Bertz CT molecular complexity index is 523. The van der Waals surface area contributed by atoms with Gasteiger partial charge in [0, 0.05) is 14.3 Å². The maximum Gasteiger partial charge on any atom is 0.0207 e. The van der Waals surface area contributed by atoms with Gasteiger partial charge in [0.2, 0.25) is 0 Å². The van der Waals surface area contributed by atoms with E-state index in [2.05, 4.69) is 96.3 Å². The van der Waals surface area contributed by atoms with Gasteiger partial charge in [-0.15, -0.1) is 0 Å². The zero-order valence-electron chi connectivity index (χ0n) is 9.74. The van der Waals surface area contributed by atoms with E-state index in [1.807, 2.05) is 0 Å². The van der Waals surface area contributed by atoms with Gasteiger partial charge in [0.25, 0.3) is 0 Å². The molecular weight excluding hydrogens is 420 g/mol. The molecule has 18 heavy (non-hydrogen) atoms. The molecule has 1 unspecified atom stereocenters. The molecule has 0 N–H and O–H groups in total. The highest BCUT2D eigenvalue weighted by Gasteiger charge is 2.12. The van der Waals surface area contributed by atoms with Crippen molar-refractivity contribution in [1.29, 1.82) is 0 Å². The predicted octanol–water partition coefficient (Wildman–Crippen LogP) is 5.93. The Morgan fingerprint density at radius 1 is 0.944 bits per heavy atom. The van der Waals surface area contributed by atoms with E-state index in [9.17, 15) is 0 Å². The fourth-order valence-corrected chi connectivity index (χ4v) is 3.42. The molecule has 0 heterocycles. The molecule has 94 valence electrons. The average molecular weight is 433 g/mol. The van der Waals surface area contributed by atoms with Gasteiger partial charge in [0.1, 0.15) is 0 Å². The molecule has 0 spiro atoms. The van der Waals surface area contributed by atoms with Gasteiger partial charge in [0.05, 0.1) is 0 Å². The molecule has 3 heteroatoms. The van der Waals surface area contributed by atoms with E-state index in [1.54, 1.807) is 0 Å². The van der Waals surface area contributed by atoms with Crippen LogP contribution in [0.15, 0.2) is 57.5 Å². The topological polar surface area (TPSA) is 0 Å². The molecule has 0 saturated heterocycles. The third-order valence-corrected chi connectivity index (χ3v) is 4.98. The average Bonchev–Trinajstić information content (AvgIpc) is 2.38. The van der Waals surface area contributed by atoms with Crippen LogP contribution >= 0.6 is 47.8 Å². The summed E-state index contributed by atoms with van der Waals surface area (Å²) in [5.41, 5.74) is 2.71. The molecule has 2 aromatic carbocycles. The number of rotatable bonds is 4. The standard InChI is InChI=1S/C15H13Br3/c16-10-13(11-5-3-6-14(17)9-11)8-12-4-1-2-7-15(12)18/h1-7,9,13H,8,10H2. The van der Waals surface area contributed by atoms with E-state index in [4.69, 9.17) is 0 Å². The van der Waals surface area contributed by atoms with Crippen molar-refractivity contribution in [3.63, 3.8) is 0 Å². The number of benzene rings is 2. The highest BCUT2D eigenvalue weighted by atomic mass is 79.9. The quantitative estimate of drug-likeness (QED) is 0.525. The summed E-state index contributed by atoms with van der Waals surface area (Å²) in [5, 5.41) is 0.963. The second-order valence-corrected chi connectivity index (χ2v) is 6.62. The van der Waals surface area contributed by atoms with Crippen LogP contribution in [-0.2, 0) is 6.42 Å². The molecule has 0 aliphatic rings. The highest BCUT2D eigenvalue weighted by molar-refractivity contribution is 9.10. The van der Waals surface area contributed by atoms with Crippen LogP contribution in [0.3, 0.4) is 0 Å². The largest absolute Gasteiger partial charge is 0.0921 e. The van der Waals surface area contributed by atoms with Gasteiger partial charge in [-0.3, -0.25) is 0 Å². The highest BCUT2D eigenvalue weighted by Crippen LogP contribution is 2.28. The van der Waals surface area contributed by atoms with Gasteiger partial charge in [0.15, 0.2) is 0 Å². The zero-order valence-corrected chi connectivity index (χ0v) is 14.5. The first-order valence-electron chi connectivity index (χ1n) is 5.75. The Morgan fingerprint density at radius 2 is 1.72 bits per heavy atom. The molecule has 2 aromatic rings. The van der Waals surface area contributed by atoms with Crippen LogP contribution in [0, 0.1) is 0 Å². The Labute approximate surface area is 133 Å². The van der Waals surface area contributed by atoms with Crippen molar-refractivity contribution >= 4 is 47.8 Å². The van der Waals surface area contributed by atoms with Crippen LogP contribution in [0.4, 0.5) is 0 Å². The van der Waals surface area contributed by atoms with Crippen molar-refractivity contribution in [1.82, 2.24) is 0 Å². The smallest absolute Gasteiger partial charge is 0.0207 e. The third kappa shape index (κ3) is 3.69. The van der Waals surface area contributed by atoms with Crippen LogP contribution in [0.1, 0.15) is 17.0 Å². The lowest BCUT2D eigenvalue weighted by Crippen LogP contribution is -2.05. The maximum absolute atomic E-state index is 3.63. The van der Waals surface area contributed by atoms with Crippen LogP contribution in [0.25, 0.3) is 0 Å². The van der Waals surface area contributed by atoms with Crippen LogP contribution in [0.2, 0.25) is 0 Å². The number of hydrogen-bond acceptors (Lipinski definition) is 0. The Morgan fingerprint density at radius 3 is 2.39 bits per heavy atom. The van der Waals surface area contributed by atoms with Crippen LogP contribution < -0.4 is 0 Å². The van der Waals surface area contributed by atoms with Crippen molar-refractivity contribution < 1.29 is 0 Å².